The van der Waals surface area contributed by atoms with Crippen molar-refractivity contribution in [1.82, 2.24) is 53.2 Å². The fourth-order valence-electron chi connectivity index (χ4n) is 12.9. The highest BCUT2D eigenvalue weighted by molar-refractivity contribution is 6.17. The molecule has 0 spiro atoms. The maximum Gasteiger partial charge on any atom is 0.164 e. The summed E-state index contributed by atoms with van der Waals surface area (Å²) in [5.41, 5.74) is 20.6. The van der Waals surface area contributed by atoms with Crippen LogP contribution in [0.25, 0.3) is 156 Å². The van der Waals surface area contributed by atoms with Gasteiger partial charge in [-0.1, -0.05) is 140 Å². The molecule has 0 aliphatic heterocycles. The minimum absolute atomic E-state index is 0.490. The van der Waals surface area contributed by atoms with Crippen molar-refractivity contribution in [2.75, 3.05) is 0 Å². The van der Waals surface area contributed by atoms with Crippen LogP contribution in [-0.4, -0.2) is 53.2 Å². The zero-order chi connectivity index (χ0) is 54.7. The molecule has 0 atom stereocenters. The fraction of sp³-hybridized carbons (Fsp3) is 0.0139. The lowest BCUT2D eigenvalue weighted by Gasteiger charge is -2.30. The van der Waals surface area contributed by atoms with Gasteiger partial charge in [0.15, 0.2) is 5.82 Å². The van der Waals surface area contributed by atoms with Gasteiger partial charge in [0, 0.05) is 63.2 Å². The summed E-state index contributed by atoms with van der Waals surface area (Å²) in [5.74, 6) is 0.490. The average molecular weight is 1060 g/mol. The van der Waals surface area contributed by atoms with Gasteiger partial charge in [0.1, 0.15) is 0 Å². The molecule has 10 heterocycles. The number of pyridine rings is 5. The molecule has 0 N–H and O–H groups in total. The highest BCUT2D eigenvalue weighted by Crippen LogP contribution is 2.54. The summed E-state index contributed by atoms with van der Waals surface area (Å²) in [5, 5.41) is 3.98. The fourth-order valence-corrected chi connectivity index (χ4v) is 12.9. The quantitative estimate of drug-likeness (QED) is 0.149. The Morgan fingerprint density at radius 2 is 0.614 bits per heavy atom. The van der Waals surface area contributed by atoms with Crippen LogP contribution in [0.15, 0.2) is 255 Å². The van der Waals surface area contributed by atoms with E-state index in [2.05, 4.69) is 219 Å². The number of aryl methyl sites for hydroxylation is 1. The Hall–Kier alpha value is -11.4. The van der Waals surface area contributed by atoms with Gasteiger partial charge in [0.05, 0.1) is 117 Å². The average Bonchev–Trinajstić information content (AvgIpc) is 2.38. The molecule has 11 heteroatoms. The van der Waals surface area contributed by atoms with E-state index in [0.29, 0.717) is 5.82 Å². The van der Waals surface area contributed by atoms with Crippen molar-refractivity contribution in [3.63, 3.8) is 0 Å². The number of para-hydroxylation sites is 4. The number of benzene rings is 7. The van der Waals surface area contributed by atoms with Crippen LogP contribution < -0.4 is 0 Å². The molecule has 0 bridgehead atoms. The van der Waals surface area contributed by atoms with Crippen molar-refractivity contribution >= 4 is 87.7 Å². The number of nitrogens with zero attached hydrogens (tertiary/aromatic N) is 11. The molecular formula is C72H45N11. The molecule has 0 amide bonds. The Morgan fingerprint density at radius 1 is 0.265 bits per heavy atom. The van der Waals surface area contributed by atoms with Crippen molar-refractivity contribution in [3.05, 3.63) is 261 Å². The van der Waals surface area contributed by atoms with E-state index in [9.17, 15) is 0 Å². The SMILES string of the molecule is Cc1cccc(-c2c(-n3c4ccccc4c4ncccc43)c(-c3nc(-c4ccccc4)cc(-c4ccccc4)n3)c(-n3c4ccccc4c4ncccc43)c(-n3c4ccccc4c4ncccc43)c2-n2c3ccccc3c3ncccc32)n1. The topological polar surface area (TPSA) is 110 Å². The second kappa shape index (κ2) is 18.3. The third-order valence-electron chi connectivity index (χ3n) is 16.2. The molecule has 0 aliphatic carbocycles. The number of aromatic nitrogens is 11. The second-order valence-electron chi connectivity index (χ2n) is 20.9. The first-order chi connectivity index (χ1) is 41.2. The van der Waals surface area contributed by atoms with Crippen LogP contribution in [0.3, 0.4) is 0 Å². The monoisotopic (exact) mass is 1060 g/mol. The summed E-state index contributed by atoms with van der Waals surface area (Å²) in [7, 11) is 0. The molecule has 388 valence electrons. The molecule has 83 heavy (non-hydrogen) atoms. The molecule has 17 rings (SSSR count). The smallest absolute Gasteiger partial charge is 0.164 e. The largest absolute Gasteiger partial charge is 0.306 e. The number of rotatable bonds is 8. The van der Waals surface area contributed by atoms with Crippen molar-refractivity contribution in [3.8, 4) is 67.9 Å². The van der Waals surface area contributed by atoms with Crippen molar-refractivity contribution < 1.29 is 0 Å². The second-order valence-corrected chi connectivity index (χ2v) is 20.9. The van der Waals surface area contributed by atoms with Gasteiger partial charge in [0.2, 0.25) is 0 Å². The van der Waals surface area contributed by atoms with Gasteiger partial charge >= 0.3 is 0 Å². The summed E-state index contributed by atoms with van der Waals surface area (Å²) >= 11 is 0. The highest BCUT2D eigenvalue weighted by Gasteiger charge is 2.37. The predicted molar refractivity (Wildman–Crippen MR) is 335 cm³/mol. The number of hydrogen-bond acceptors (Lipinski definition) is 7. The Balaban J connectivity index is 1.26. The molecule has 0 saturated heterocycles. The van der Waals surface area contributed by atoms with Gasteiger partial charge in [-0.2, -0.15) is 0 Å². The van der Waals surface area contributed by atoms with Crippen LogP contribution >= 0.6 is 0 Å². The maximum atomic E-state index is 5.92. The Bertz CT molecular complexity index is 5210. The summed E-state index contributed by atoms with van der Waals surface area (Å²) in [4.78, 5) is 38.4. The molecule has 0 saturated carbocycles. The van der Waals surface area contributed by atoms with E-state index in [1.165, 1.54) is 0 Å². The van der Waals surface area contributed by atoms with Crippen LogP contribution in [0.2, 0.25) is 0 Å². The summed E-state index contributed by atoms with van der Waals surface area (Å²) < 4.78 is 9.67. The molecule has 11 nitrogen and oxygen atoms in total. The van der Waals surface area contributed by atoms with Crippen LogP contribution in [-0.2, 0) is 0 Å². The van der Waals surface area contributed by atoms with Crippen LogP contribution in [0, 0.1) is 6.92 Å². The summed E-state index contributed by atoms with van der Waals surface area (Å²) in [6.45, 7) is 2.07. The molecule has 0 fully saturated rings. The number of fused-ring (bicyclic) bond motifs is 12. The Labute approximate surface area is 474 Å². The molecule has 17 aromatic rings. The zero-order valence-corrected chi connectivity index (χ0v) is 44.7. The van der Waals surface area contributed by atoms with Crippen molar-refractivity contribution in [2.45, 2.75) is 6.92 Å². The minimum atomic E-state index is 0.490. The molecule has 0 radical (unpaired) electrons. The van der Waals surface area contributed by atoms with Gasteiger partial charge in [0.25, 0.3) is 0 Å². The van der Waals surface area contributed by atoms with E-state index >= 15 is 0 Å². The van der Waals surface area contributed by atoms with Crippen molar-refractivity contribution in [2.24, 2.45) is 0 Å². The Kier molecular flexibility index (Phi) is 10.3. The summed E-state index contributed by atoms with van der Waals surface area (Å²) in [6.07, 6.45) is 7.55. The molecule has 7 aromatic carbocycles. The lowest BCUT2D eigenvalue weighted by molar-refractivity contribution is 1.02. The van der Waals surface area contributed by atoms with Gasteiger partial charge < -0.3 is 18.3 Å². The number of hydrogen-bond donors (Lipinski definition) is 0. The van der Waals surface area contributed by atoms with E-state index in [1.807, 2.05) is 61.2 Å². The Morgan fingerprint density at radius 3 is 1.02 bits per heavy atom. The van der Waals surface area contributed by atoms with Gasteiger partial charge in [-0.25, -0.2) is 9.97 Å². The van der Waals surface area contributed by atoms with E-state index in [1.54, 1.807) is 0 Å². The molecule has 10 aromatic heterocycles. The van der Waals surface area contributed by atoms with E-state index in [0.717, 1.165) is 156 Å². The van der Waals surface area contributed by atoms with Crippen LogP contribution in [0.5, 0.6) is 0 Å². The van der Waals surface area contributed by atoms with Gasteiger partial charge in [-0.05, 0) is 97.9 Å². The van der Waals surface area contributed by atoms with E-state index < -0.39 is 0 Å². The minimum Gasteiger partial charge on any atom is -0.306 e. The third-order valence-corrected chi connectivity index (χ3v) is 16.2. The lowest BCUT2D eigenvalue weighted by Crippen LogP contribution is -2.17. The van der Waals surface area contributed by atoms with Gasteiger partial charge in [-0.15, -0.1) is 0 Å². The molecule has 0 aliphatic rings. The predicted octanol–water partition coefficient (Wildman–Crippen LogP) is 16.8. The van der Waals surface area contributed by atoms with E-state index in [-0.39, 0.29) is 0 Å². The zero-order valence-electron chi connectivity index (χ0n) is 44.7. The van der Waals surface area contributed by atoms with Gasteiger partial charge in [-0.3, -0.25) is 24.9 Å². The lowest BCUT2D eigenvalue weighted by atomic mass is 9.94. The molecule has 0 unspecified atom stereocenters. The first kappa shape index (κ1) is 46.5. The molecular weight excluding hydrogens is 1020 g/mol. The first-order valence-electron chi connectivity index (χ1n) is 27.7. The summed E-state index contributed by atoms with van der Waals surface area (Å²) in [6, 6.07) is 80.5. The van der Waals surface area contributed by atoms with Crippen LogP contribution in [0.4, 0.5) is 0 Å². The van der Waals surface area contributed by atoms with Crippen molar-refractivity contribution in [1.29, 1.82) is 0 Å². The maximum absolute atomic E-state index is 5.92. The standard InChI is InChI=1S/C72H45N11/c1-44-21-16-30-51(77-44)62-68(80-54-31-12-8-26-47(54)64-58(80)35-17-39-73-64)63(72-78-52(45-22-4-2-5-23-45)43-53(79-72)46-24-6-3-7-25-46)70(82-56-33-14-10-28-49(56)66-60(82)37-19-41-75-66)71(83-57-34-15-11-29-50(57)67-61(83)38-20-42-76-67)69(62)81-55-32-13-9-27-48(55)65-59(81)36-18-40-74-65/h2-43H,1H3. The third kappa shape index (κ3) is 6.95. The first-order valence-corrected chi connectivity index (χ1v) is 27.7. The van der Waals surface area contributed by atoms with E-state index in [4.69, 9.17) is 34.9 Å². The normalized spacial score (nSPS) is 11.9. The van der Waals surface area contributed by atoms with Crippen LogP contribution in [0.1, 0.15) is 5.69 Å². The highest BCUT2D eigenvalue weighted by atomic mass is 15.1.